The molecule has 0 N–H and O–H groups in total. The van der Waals surface area contributed by atoms with Crippen molar-refractivity contribution >= 4 is 11.7 Å². The number of likely N-dealkylation sites (tertiary alicyclic amines) is 1. The highest BCUT2D eigenvalue weighted by atomic mass is 16.5. The van der Waals surface area contributed by atoms with Crippen molar-refractivity contribution in [2.45, 2.75) is 39.2 Å². The molecule has 0 unspecified atom stereocenters. The van der Waals surface area contributed by atoms with E-state index in [0.29, 0.717) is 13.0 Å². The molecule has 0 aliphatic carbocycles. The van der Waals surface area contributed by atoms with Gasteiger partial charge in [-0.3, -0.25) is 9.59 Å². The molecule has 0 bridgehead atoms. The van der Waals surface area contributed by atoms with Gasteiger partial charge in [-0.2, -0.15) is 0 Å². The largest absolute Gasteiger partial charge is 0.366 e. The molecule has 1 aliphatic rings. The van der Waals surface area contributed by atoms with Gasteiger partial charge in [-0.15, -0.1) is 0 Å². The lowest BCUT2D eigenvalue weighted by Gasteiger charge is -2.27. The monoisotopic (exact) mass is 213 g/mol. The van der Waals surface area contributed by atoms with Gasteiger partial charge in [0.2, 0.25) is 5.91 Å². The molecule has 1 saturated heterocycles. The van der Waals surface area contributed by atoms with Crippen LogP contribution in [0.15, 0.2) is 0 Å². The lowest BCUT2D eigenvalue weighted by Crippen LogP contribution is -2.43. The Morgan fingerprint density at radius 1 is 1.47 bits per heavy atom. The molecular weight excluding hydrogens is 194 g/mol. The van der Waals surface area contributed by atoms with Gasteiger partial charge in [-0.25, -0.2) is 0 Å². The minimum absolute atomic E-state index is 0.0663. The zero-order valence-electron chi connectivity index (χ0n) is 9.71. The highest BCUT2D eigenvalue weighted by Crippen LogP contribution is 2.09. The molecule has 1 heterocycles. The first-order valence-corrected chi connectivity index (χ1v) is 5.32. The van der Waals surface area contributed by atoms with Gasteiger partial charge in [0, 0.05) is 13.0 Å². The van der Waals surface area contributed by atoms with Crippen LogP contribution < -0.4 is 0 Å². The lowest BCUT2D eigenvalue weighted by molar-refractivity contribution is -0.145. The molecular formula is C11H19NO3. The number of Topliss-reactive ketones (excluding diaryl/α,β-unsaturated/α-hetero) is 1. The smallest absolute Gasteiger partial charge is 0.248 e. The fourth-order valence-electron chi connectivity index (χ4n) is 1.42. The molecule has 4 nitrogen and oxygen atoms in total. The van der Waals surface area contributed by atoms with E-state index in [1.165, 1.54) is 0 Å². The van der Waals surface area contributed by atoms with Crippen molar-refractivity contribution in [3.63, 3.8) is 0 Å². The van der Waals surface area contributed by atoms with Gasteiger partial charge >= 0.3 is 0 Å². The Balaban J connectivity index is 2.36. The summed E-state index contributed by atoms with van der Waals surface area (Å²) in [6.45, 7) is 6.71. The van der Waals surface area contributed by atoms with Crippen molar-refractivity contribution in [3.8, 4) is 0 Å². The molecule has 1 amide bonds. The zero-order valence-corrected chi connectivity index (χ0v) is 9.71. The van der Waals surface area contributed by atoms with Crippen molar-refractivity contribution in [3.05, 3.63) is 0 Å². The Bertz CT molecular complexity index is 255. The third kappa shape index (κ3) is 4.42. The molecule has 0 radical (unpaired) electrons. The highest BCUT2D eigenvalue weighted by Gasteiger charge is 2.22. The maximum absolute atomic E-state index is 11.6. The van der Waals surface area contributed by atoms with Crippen molar-refractivity contribution < 1.29 is 14.3 Å². The van der Waals surface area contributed by atoms with Gasteiger partial charge in [0.05, 0.1) is 12.1 Å². The minimum Gasteiger partial charge on any atom is -0.366 e. The molecule has 1 rings (SSSR count). The van der Waals surface area contributed by atoms with Crippen LogP contribution in [-0.4, -0.2) is 41.9 Å². The second-order valence-electron chi connectivity index (χ2n) is 4.86. The topological polar surface area (TPSA) is 46.6 Å². The minimum atomic E-state index is -0.310. The SMILES string of the molecule is CC(C)(C)OCC(=O)N1CCCC(=O)C1. The first-order valence-electron chi connectivity index (χ1n) is 5.32. The normalized spacial score (nSPS) is 18.1. The molecule has 1 aliphatic heterocycles. The summed E-state index contributed by atoms with van der Waals surface area (Å²) >= 11 is 0. The number of ether oxygens (including phenoxy) is 1. The Kier molecular flexibility index (Phi) is 3.85. The number of hydrogen-bond acceptors (Lipinski definition) is 3. The number of ketones is 1. The second-order valence-corrected chi connectivity index (χ2v) is 4.86. The van der Waals surface area contributed by atoms with Crippen molar-refractivity contribution in [2.24, 2.45) is 0 Å². The second kappa shape index (κ2) is 4.75. The molecule has 0 aromatic carbocycles. The van der Waals surface area contributed by atoms with Gasteiger partial charge in [0.15, 0.2) is 5.78 Å². The number of rotatable bonds is 2. The van der Waals surface area contributed by atoms with Crippen LogP contribution >= 0.6 is 0 Å². The molecule has 86 valence electrons. The number of piperidine rings is 1. The third-order valence-electron chi connectivity index (χ3n) is 2.23. The summed E-state index contributed by atoms with van der Waals surface area (Å²) < 4.78 is 5.38. The molecule has 0 atom stereocenters. The first-order chi connectivity index (χ1) is 6.88. The Morgan fingerprint density at radius 3 is 2.67 bits per heavy atom. The summed E-state index contributed by atoms with van der Waals surface area (Å²) in [5.74, 6) is 0.0586. The van der Waals surface area contributed by atoms with E-state index in [-0.39, 0.29) is 30.4 Å². The summed E-state index contributed by atoms with van der Waals surface area (Å²) in [6.07, 6.45) is 1.38. The first kappa shape index (κ1) is 12.2. The van der Waals surface area contributed by atoms with Gasteiger partial charge in [-0.05, 0) is 27.2 Å². The van der Waals surface area contributed by atoms with E-state index in [4.69, 9.17) is 4.74 Å². The van der Waals surface area contributed by atoms with Crippen LogP contribution in [0.5, 0.6) is 0 Å². The van der Waals surface area contributed by atoms with Crippen LogP contribution in [0, 0.1) is 0 Å². The van der Waals surface area contributed by atoms with E-state index < -0.39 is 0 Å². The maximum Gasteiger partial charge on any atom is 0.248 e. The van der Waals surface area contributed by atoms with Crippen molar-refractivity contribution in [1.82, 2.24) is 4.90 Å². The summed E-state index contributed by atoms with van der Waals surface area (Å²) in [4.78, 5) is 24.4. The highest BCUT2D eigenvalue weighted by molar-refractivity contribution is 5.87. The molecule has 1 fully saturated rings. The van der Waals surface area contributed by atoms with Crippen LogP contribution in [0.25, 0.3) is 0 Å². The van der Waals surface area contributed by atoms with Crippen LogP contribution in [0.4, 0.5) is 0 Å². The number of carbonyl (C=O) groups excluding carboxylic acids is 2. The summed E-state index contributed by atoms with van der Waals surface area (Å²) in [5, 5.41) is 0. The van der Waals surface area contributed by atoms with E-state index in [9.17, 15) is 9.59 Å². The summed E-state index contributed by atoms with van der Waals surface area (Å²) in [5.41, 5.74) is -0.310. The summed E-state index contributed by atoms with van der Waals surface area (Å²) in [6, 6.07) is 0. The standard InChI is InChI=1S/C11H19NO3/c1-11(2,3)15-8-10(14)12-6-4-5-9(13)7-12/h4-8H2,1-3H3. The molecule has 0 aromatic rings. The van der Waals surface area contributed by atoms with E-state index in [1.807, 2.05) is 20.8 Å². The lowest BCUT2D eigenvalue weighted by atomic mass is 10.1. The van der Waals surface area contributed by atoms with E-state index in [1.54, 1.807) is 4.90 Å². The number of nitrogens with zero attached hydrogens (tertiary/aromatic N) is 1. The molecule has 0 aromatic heterocycles. The van der Waals surface area contributed by atoms with Crippen LogP contribution in [0.1, 0.15) is 33.6 Å². The van der Waals surface area contributed by atoms with Crippen LogP contribution in [0.3, 0.4) is 0 Å². The quantitative estimate of drug-likeness (QED) is 0.687. The van der Waals surface area contributed by atoms with Crippen LogP contribution in [0.2, 0.25) is 0 Å². The molecule has 15 heavy (non-hydrogen) atoms. The fraction of sp³-hybridized carbons (Fsp3) is 0.818. The number of carbonyl (C=O) groups is 2. The van der Waals surface area contributed by atoms with E-state index >= 15 is 0 Å². The molecule has 4 heteroatoms. The van der Waals surface area contributed by atoms with Gasteiger partial charge in [0.1, 0.15) is 6.61 Å². The maximum atomic E-state index is 11.6. The van der Waals surface area contributed by atoms with Gasteiger partial charge in [0.25, 0.3) is 0 Å². The van der Waals surface area contributed by atoms with E-state index in [2.05, 4.69) is 0 Å². The fourth-order valence-corrected chi connectivity index (χ4v) is 1.42. The van der Waals surface area contributed by atoms with Crippen molar-refractivity contribution in [1.29, 1.82) is 0 Å². The van der Waals surface area contributed by atoms with E-state index in [0.717, 1.165) is 6.42 Å². The molecule has 0 spiro atoms. The predicted octanol–water partition coefficient (Wildman–Crippen LogP) is 0.993. The van der Waals surface area contributed by atoms with Gasteiger partial charge in [-0.1, -0.05) is 0 Å². The average molecular weight is 213 g/mol. The Morgan fingerprint density at radius 2 is 2.13 bits per heavy atom. The Hall–Kier alpha value is -0.900. The number of amides is 1. The summed E-state index contributed by atoms with van der Waals surface area (Å²) in [7, 11) is 0. The third-order valence-corrected chi connectivity index (χ3v) is 2.23. The average Bonchev–Trinajstić information content (AvgIpc) is 2.13. The Labute approximate surface area is 90.6 Å². The number of hydrogen-bond donors (Lipinski definition) is 0. The van der Waals surface area contributed by atoms with Gasteiger partial charge < -0.3 is 9.64 Å². The zero-order chi connectivity index (χ0) is 11.5. The predicted molar refractivity (Wildman–Crippen MR) is 56.5 cm³/mol. The van der Waals surface area contributed by atoms with Crippen molar-refractivity contribution in [2.75, 3.05) is 19.7 Å². The van der Waals surface area contributed by atoms with Crippen LogP contribution in [-0.2, 0) is 14.3 Å². The molecule has 0 saturated carbocycles.